The minimum atomic E-state index is -0.232. The van der Waals surface area contributed by atoms with Crippen LogP contribution in [0.1, 0.15) is 33.7 Å². The van der Waals surface area contributed by atoms with Crippen LogP contribution in [-0.4, -0.2) is 59.6 Å². The molecular weight excluding hydrogens is 318 g/mol. The molecule has 1 atom stereocenters. The maximum absolute atomic E-state index is 12.8. The van der Waals surface area contributed by atoms with Crippen LogP contribution in [0.4, 0.5) is 5.82 Å². The van der Waals surface area contributed by atoms with Gasteiger partial charge in [0.25, 0.3) is 5.91 Å². The Morgan fingerprint density at radius 2 is 2.08 bits per heavy atom. The molecule has 0 aromatic carbocycles. The van der Waals surface area contributed by atoms with Crippen LogP contribution in [0.15, 0.2) is 24.4 Å². The number of carbonyl (C=O) groups excluding carboxylic acids is 1. The number of morpholine rings is 1. The maximum atomic E-state index is 12.8. The summed E-state index contributed by atoms with van der Waals surface area (Å²) < 4.78 is 5.86. The van der Waals surface area contributed by atoms with Crippen LogP contribution in [0.5, 0.6) is 0 Å². The number of amides is 1. The number of pyridine rings is 1. The first-order valence-corrected chi connectivity index (χ1v) is 8.31. The van der Waals surface area contributed by atoms with Gasteiger partial charge in [-0.15, -0.1) is 0 Å². The molecule has 1 saturated heterocycles. The highest BCUT2D eigenvalue weighted by molar-refractivity contribution is 5.95. The van der Waals surface area contributed by atoms with Gasteiger partial charge in [0.1, 0.15) is 17.7 Å². The van der Waals surface area contributed by atoms with Crippen LogP contribution in [-0.2, 0) is 4.74 Å². The summed E-state index contributed by atoms with van der Waals surface area (Å²) in [6, 6.07) is 5.84. The highest BCUT2D eigenvalue weighted by Crippen LogP contribution is 2.23. The molecule has 1 aliphatic heterocycles. The highest BCUT2D eigenvalue weighted by atomic mass is 16.5. The summed E-state index contributed by atoms with van der Waals surface area (Å²) in [5, 5.41) is 0. The highest BCUT2D eigenvalue weighted by Gasteiger charge is 2.28. The number of aryl methyl sites for hydroxylation is 2. The van der Waals surface area contributed by atoms with E-state index in [0.29, 0.717) is 36.8 Å². The lowest BCUT2D eigenvalue weighted by Crippen LogP contribution is -2.42. The molecule has 3 rings (SSSR count). The van der Waals surface area contributed by atoms with Gasteiger partial charge in [-0.1, -0.05) is 6.07 Å². The van der Waals surface area contributed by atoms with Crippen LogP contribution in [0, 0.1) is 13.8 Å². The van der Waals surface area contributed by atoms with E-state index in [-0.39, 0.29) is 12.0 Å². The van der Waals surface area contributed by atoms with E-state index < -0.39 is 0 Å². The molecule has 0 N–H and O–H groups in total. The summed E-state index contributed by atoms with van der Waals surface area (Å²) in [4.78, 5) is 29.7. The van der Waals surface area contributed by atoms with Crippen LogP contribution in [0.3, 0.4) is 0 Å². The van der Waals surface area contributed by atoms with Crippen molar-refractivity contribution in [3.8, 4) is 0 Å². The standard InChI is InChI=1S/C18H23N5O2/c1-12-14(10-19-13(2)20-12)18(24)23-8-9-25-16(11-23)15-6-5-7-17(21-15)22(3)4/h5-7,10,16H,8-9,11H2,1-4H3/t16-/m0/s1. The molecule has 7 heteroatoms. The van der Waals surface area contributed by atoms with E-state index >= 15 is 0 Å². The van der Waals surface area contributed by atoms with Gasteiger partial charge in [0, 0.05) is 26.8 Å². The number of hydrogen-bond acceptors (Lipinski definition) is 6. The Labute approximate surface area is 147 Å². The third-order valence-electron chi connectivity index (χ3n) is 4.23. The van der Waals surface area contributed by atoms with Crippen LogP contribution in [0.25, 0.3) is 0 Å². The van der Waals surface area contributed by atoms with Gasteiger partial charge in [-0.05, 0) is 26.0 Å². The monoisotopic (exact) mass is 341 g/mol. The van der Waals surface area contributed by atoms with Crippen LogP contribution < -0.4 is 4.90 Å². The maximum Gasteiger partial charge on any atom is 0.257 e. The van der Waals surface area contributed by atoms with E-state index in [1.54, 1.807) is 11.1 Å². The van der Waals surface area contributed by atoms with Gasteiger partial charge in [0.15, 0.2) is 0 Å². The number of nitrogens with zero attached hydrogens (tertiary/aromatic N) is 5. The first-order valence-electron chi connectivity index (χ1n) is 8.31. The van der Waals surface area contributed by atoms with Crippen molar-refractivity contribution >= 4 is 11.7 Å². The summed E-state index contributed by atoms with van der Waals surface area (Å²) >= 11 is 0. The minimum absolute atomic E-state index is 0.0606. The molecule has 0 spiro atoms. The molecule has 2 aromatic rings. The Morgan fingerprint density at radius 3 is 2.80 bits per heavy atom. The van der Waals surface area contributed by atoms with E-state index in [1.165, 1.54) is 0 Å². The molecule has 0 radical (unpaired) electrons. The number of rotatable bonds is 3. The molecule has 0 unspecified atom stereocenters. The molecule has 0 saturated carbocycles. The molecular formula is C18H23N5O2. The Morgan fingerprint density at radius 1 is 1.28 bits per heavy atom. The topological polar surface area (TPSA) is 71.5 Å². The van der Waals surface area contributed by atoms with Crippen molar-refractivity contribution in [3.63, 3.8) is 0 Å². The average Bonchev–Trinajstić information content (AvgIpc) is 2.61. The first kappa shape index (κ1) is 17.3. The number of aromatic nitrogens is 3. The number of anilines is 1. The van der Waals surface area contributed by atoms with Crippen molar-refractivity contribution in [2.24, 2.45) is 0 Å². The molecule has 1 fully saturated rings. The number of hydrogen-bond donors (Lipinski definition) is 0. The van der Waals surface area contributed by atoms with Gasteiger partial charge in [-0.25, -0.2) is 15.0 Å². The zero-order valence-electron chi connectivity index (χ0n) is 15.1. The molecule has 1 amide bonds. The average molecular weight is 341 g/mol. The van der Waals surface area contributed by atoms with E-state index in [9.17, 15) is 4.79 Å². The summed E-state index contributed by atoms with van der Waals surface area (Å²) in [6.45, 7) is 5.15. The summed E-state index contributed by atoms with van der Waals surface area (Å²) in [6.07, 6.45) is 1.37. The lowest BCUT2D eigenvalue weighted by atomic mass is 10.1. The second kappa shape index (κ2) is 7.14. The second-order valence-corrected chi connectivity index (χ2v) is 6.34. The number of ether oxygens (including phenoxy) is 1. The molecule has 25 heavy (non-hydrogen) atoms. The van der Waals surface area contributed by atoms with Gasteiger partial charge in [0.2, 0.25) is 0 Å². The van der Waals surface area contributed by atoms with Gasteiger partial charge in [-0.2, -0.15) is 0 Å². The van der Waals surface area contributed by atoms with Gasteiger partial charge in [0.05, 0.1) is 30.1 Å². The molecule has 132 valence electrons. The summed E-state index contributed by atoms with van der Waals surface area (Å²) in [7, 11) is 3.90. The third-order valence-corrected chi connectivity index (χ3v) is 4.23. The third kappa shape index (κ3) is 3.76. The largest absolute Gasteiger partial charge is 0.368 e. The van der Waals surface area contributed by atoms with E-state index in [0.717, 1.165) is 11.5 Å². The molecule has 0 bridgehead atoms. The minimum Gasteiger partial charge on any atom is -0.368 e. The molecule has 7 nitrogen and oxygen atoms in total. The van der Waals surface area contributed by atoms with E-state index in [2.05, 4.69) is 15.0 Å². The molecule has 1 aliphatic rings. The predicted octanol–water partition coefficient (Wildman–Crippen LogP) is 1.77. The Kier molecular flexibility index (Phi) is 4.94. The van der Waals surface area contributed by atoms with Crippen molar-refractivity contribution in [1.29, 1.82) is 0 Å². The molecule has 2 aromatic heterocycles. The second-order valence-electron chi connectivity index (χ2n) is 6.34. The Bertz CT molecular complexity index is 778. The fourth-order valence-corrected chi connectivity index (χ4v) is 2.84. The summed E-state index contributed by atoms with van der Waals surface area (Å²) in [5.41, 5.74) is 2.08. The fraction of sp³-hybridized carbons (Fsp3) is 0.444. The van der Waals surface area contributed by atoms with Crippen LogP contribution in [0.2, 0.25) is 0 Å². The van der Waals surface area contributed by atoms with Crippen molar-refractivity contribution in [1.82, 2.24) is 19.9 Å². The predicted molar refractivity (Wildman–Crippen MR) is 94.7 cm³/mol. The smallest absolute Gasteiger partial charge is 0.257 e. The fourth-order valence-electron chi connectivity index (χ4n) is 2.84. The lowest BCUT2D eigenvalue weighted by molar-refractivity contribution is -0.0247. The van der Waals surface area contributed by atoms with Gasteiger partial charge in [-0.3, -0.25) is 4.79 Å². The van der Waals surface area contributed by atoms with Crippen molar-refractivity contribution in [3.05, 3.63) is 47.2 Å². The zero-order valence-corrected chi connectivity index (χ0v) is 15.1. The summed E-state index contributed by atoms with van der Waals surface area (Å²) in [5.74, 6) is 1.47. The molecule has 3 heterocycles. The molecule has 0 aliphatic carbocycles. The van der Waals surface area contributed by atoms with Crippen molar-refractivity contribution in [2.75, 3.05) is 38.7 Å². The van der Waals surface area contributed by atoms with E-state index in [4.69, 9.17) is 4.74 Å². The number of carbonyl (C=O) groups is 1. The van der Waals surface area contributed by atoms with E-state index in [1.807, 2.05) is 51.0 Å². The normalized spacial score (nSPS) is 17.4. The SMILES string of the molecule is Cc1ncc(C(=O)N2CCO[C@H](c3cccc(N(C)C)n3)C2)c(C)n1. The Balaban J connectivity index is 1.79. The Hall–Kier alpha value is -2.54. The van der Waals surface area contributed by atoms with Crippen molar-refractivity contribution < 1.29 is 9.53 Å². The lowest BCUT2D eigenvalue weighted by Gasteiger charge is -2.33. The zero-order chi connectivity index (χ0) is 18.0. The quantitative estimate of drug-likeness (QED) is 0.847. The van der Waals surface area contributed by atoms with Gasteiger partial charge < -0.3 is 14.5 Å². The van der Waals surface area contributed by atoms with Gasteiger partial charge >= 0.3 is 0 Å². The van der Waals surface area contributed by atoms with Crippen LogP contribution >= 0.6 is 0 Å². The first-order chi connectivity index (χ1) is 12.0. The van der Waals surface area contributed by atoms with Crippen molar-refractivity contribution in [2.45, 2.75) is 20.0 Å².